The highest BCUT2D eigenvalue weighted by atomic mass is 16.5. The SMILES string of the molecule is Cc1cn2cccc(C(=O)Nc3ccccc3OC(C)C)c2n1. The number of hydrogen-bond acceptors (Lipinski definition) is 3. The third-order valence-electron chi connectivity index (χ3n) is 3.35. The van der Waals surface area contributed by atoms with E-state index in [1.807, 2.05) is 67.9 Å². The maximum Gasteiger partial charge on any atom is 0.259 e. The largest absolute Gasteiger partial charge is 0.489 e. The van der Waals surface area contributed by atoms with Gasteiger partial charge in [-0.2, -0.15) is 0 Å². The lowest BCUT2D eigenvalue weighted by molar-refractivity contribution is 0.102. The molecule has 1 N–H and O–H groups in total. The first-order chi connectivity index (χ1) is 11.0. The average molecular weight is 309 g/mol. The van der Waals surface area contributed by atoms with Crippen LogP contribution in [0.4, 0.5) is 5.69 Å². The molecule has 0 aliphatic carbocycles. The van der Waals surface area contributed by atoms with Crippen LogP contribution < -0.4 is 10.1 Å². The number of aryl methyl sites for hydroxylation is 1. The third kappa shape index (κ3) is 3.18. The molecule has 0 bridgehead atoms. The lowest BCUT2D eigenvalue weighted by atomic mass is 10.2. The summed E-state index contributed by atoms with van der Waals surface area (Å²) in [5, 5.41) is 2.92. The van der Waals surface area contributed by atoms with E-state index >= 15 is 0 Å². The predicted molar refractivity (Wildman–Crippen MR) is 90.1 cm³/mol. The van der Waals surface area contributed by atoms with Crippen LogP contribution in [0.2, 0.25) is 0 Å². The summed E-state index contributed by atoms with van der Waals surface area (Å²) in [6.07, 6.45) is 3.80. The molecule has 3 aromatic rings. The molecule has 118 valence electrons. The number of nitrogens with one attached hydrogen (secondary N) is 1. The molecule has 0 radical (unpaired) electrons. The van der Waals surface area contributed by atoms with E-state index < -0.39 is 0 Å². The van der Waals surface area contributed by atoms with Crippen molar-refractivity contribution in [2.24, 2.45) is 0 Å². The van der Waals surface area contributed by atoms with Gasteiger partial charge in [-0.25, -0.2) is 4.98 Å². The topological polar surface area (TPSA) is 55.6 Å². The van der Waals surface area contributed by atoms with Crippen molar-refractivity contribution in [1.82, 2.24) is 9.38 Å². The smallest absolute Gasteiger partial charge is 0.259 e. The molecule has 3 rings (SSSR count). The van der Waals surface area contributed by atoms with E-state index in [0.717, 1.165) is 5.69 Å². The van der Waals surface area contributed by atoms with E-state index in [1.54, 1.807) is 6.07 Å². The zero-order valence-electron chi connectivity index (χ0n) is 13.4. The molecule has 2 heterocycles. The van der Waals surface area contributed by atoms with Gasteiger partial charge >= 0.3 is 0 Å². The number of rotatable bonds is 4. The van der Waals surface area contributed by atoms with Gasteiger partial charge in [-0.15, -0.1) is 0 Å². The Morgan fingerprint density at radius 2 is 2.00 bits per heavy atom. The summed E-state index contributed by atoms with van der Waals surface area (Å²) in [5.41, 5.74) is 2.69. The van der Waals surface area contributed by atoms with Crippen molar-refractivity contribution < 1.29 is 9.53 Å². The van der Waals surface area contributed by atoms with E-state index in [9.17, 15) is 4.79 Å². The second kappa shape index (κ2) is 6.12. The summed E-state index contributed by atoms with van der Waals surface area (Å²) in [4.78, 5) is 17.1. The fourth-order valence-corrected chi connectivity index (χ4v) is 2.43. The Bertz CT molecular complexity index is 852. The Kier molecular flexibility index (Phi) is 4.02. The fraction of sp³-hybridized carbons (Fsp3) is 0.222. The monoisotopic (exact) mass is 309 g/mol. The van der Waals surface area contributed by atoms with Crippen molar-refractivity contribution in [1.29, 1.82) is 0 Å². The molecular weight excluding hydrogens is 290 g/mol. The zero-order chi connectivity index (χ0) is 16.4. The maximum atomic E-state index is 12.7. The number of imidazole rings is 1. The number of carbonyl (C=O) groups excluding carboxylic acids is 1. The van der Waals surface area contributed by atoms with Gasteiger partial charge < -0.3 is 14.5 Å². The van der Waals surface area contributed by atoms with Crippen molar-refractivity contribution in [2.45, 2.75) is 26.9 Å². The van der Waals surface area contributed by atoms with Crippen molar-refractivity contribution in [3.05, 3.63) is 60.0 Å². The van der Waals surface area contributed by atoms with Gasteiger partial charge in [0, 0.05) is 12.4 Å². The number of benzene rings is 1. The molecule has 0 aliphatic heterocycles. The van der Waals surface area contributed by atoms with Crippen LogP contribution in [-0.4, -0.2) is 21.4 Å². The van der Waals surface area contributed by atoms with E-state index in [4.69, 9.17) is 4.74 Å². The molecule has 1 amide bonds. The summed E-state index contributed by atoms with van der Waals surface area (Å²) < 4.78 is 7.59. The van der Waals surface area contributed by atoms with Gasteiger partial charge in [0.15, 0.2) is 0 Å². The Hall–Kier alpha value is -2.82. The first kappa shape index (κ1) is 15.1. The normalized spacial score (nSPS) is 11.0. The highest BCUT2D eigenvalue weighted by Crippen LogP contribution is 2.25. The summed E-state index contributed by atoms with van der Waals surface area (Å²) >= 11 is 0. The van der Waals surface area contributed by atoms with Crippen LogP contribution in [0.1, 0.15) is 29.9 Å². The van der Waals surface area contributed by atoms with Crippen LogP contribution in [-0.2, 0) is 0 Å². The van der Waals surface area contributed by atoms with Gasteiger partial charge in [0.25, 0.3) is 5.91 Å². The summed E-state index contributed by atoms with van der Waals surface area (Å²) in [7, 11) is 0. The fourth-order valence-electron chi connectivity index (χ4n) is 2.43. The first-order valence-corrected chi connectivity index (χ1v) is 7.56. The number of hydrogen-bond donors (Lipinski definition) is 1. The Balaban J connectivity index is 1.92. The van der Waals surface area contributed by atoms with Gasteiger partial charge in [-0.1, -0.05) is 12.1 Å². The number of pyridine rings is 1. The molecule has 0 unspecified atom stereocenters. The standard InChI is InChI=1S/C18H19N3O2/c1-12(2)23-16-9-5-4-8-15(16)20-18(22)14-7-6-10-21-11-13(3)19-17(14)21/h4-12H,1-3H3,(H,20,22). The molecule has 5 nitrogen and oxygen atoms in total. The second-order valence-corrected chi connectivity index (χ2v) is 5.65. The molecule has 2 aromatic heterocycles. The minimum atomic E-state index is -0.207. The Morgan fingerprint density at radius 3 is 2.78 bits per heavy atom. The van der Waals surface area contributed by atoms with Crippen molar-refractivity contribution in [3.63, 3.8) is 0 Å². The molecule has 0 spiro atoms. The number of aromatic nitrogens is 2. The molecule has 0 aliphatic rings. The molecule has 0 atom stereocenters. The minimum absolute atomic E-state index is 0.0337. The molecule has 1 aromatic carbocycles. The summed E-state index contributed by atoms with van der Waals surface area (Å²) in [5.74, 6) is 0.448. The predicted octanol–water partition coefficient (Wildman–Crippen LogP) is 3.68. The van der Waals surface area contributed by atoms with E-state index in [1.165, 1.54) is 0 Å². The minimum Gasteiger partial charge on any atom is -0.489 e. The second-order valence-electron chi connectivity index (χ2n) is 5.65. The van der Waals surface area contributed by atoms with Crippen molar-refractivity contribution in [3.8, 4) is 5.75 Å². The van der Waals surface area contributed by atoms with Crippen LogP contribution >= 0.6 is 0 Å². The third-order valence-corrected chi connectivity index (χ3v) is 3.35. The average Bonchev–Trinajstić information content (AvgIpc) is 2.88. The Morgan fingerprint density at radius 1 is 1.22 bits per heavy atom. The number of nitrogens with zero attached hydrogens (tertiary/aromatic N) is 2. The number of anilines is 1. The number of ether oxygens (including phenoxy) is 1. The van der Waals surface area contributed by atoms with Crippen LogP contribution in [0.15, 0.2) is 48.8 Å². The van der Waals surface area contributed by atoms with Crippen LogP contribution in [0.25, 0.3) is 5.65 Å². The van der Waals surface area contributed by atoms with E-state index in [-0.39, 0.29) is 12.0 Å². The molecular formula is C18H19N3O2. The van der Waals surface area contributed by atoms with Gasteiger partial charge in [-0.3, -0.25) is 4.79 Å². The molecule has 0 saturated heterocycles. The Labute approximate surface area is 134 Å². The molecule has 0 fully saturated rings. The highest BCUT2D eigenvalue weighted by Gasteiger charge is 2.14. The number of fused-ring (bicyclic) bond motifs is 1. The molecule has 23 heavy (non-hydrogen) atoms. The summed E-state index contributed by atoms with van der Waals surface area (Å²) in [6.45, 7) is 5.81. The van der Waals surface area contributed by atoms with E-state index in [2.05, 4.69) is 10.3 Å². The van der Waals surface area contributed by atoms with Crippen LogP contribution in [0, 0.1) is 6.92 Å². The maximum absolute atomic E-state index is 12.7. The van der Waals surface area contributed by atoms with Crippen molar-refractivity contribution >= 4 is 17.2 Å². The van der Waals surface area contributed by atoms with Gasteiger partial charge in [0.05, 0.1) is 23.0 Å². The number of para-hydroxylation sites is 2. The van der Waals surface area contributed by atoms with Gasteiger partial charge in [0.1, 0.15) is 11.4 Å². The van der Waals surface area contributed by atoms with Gasteiger partial charge in [-0.05, 0) is 45.0 Å². The quantitative estimate of drug-likeness (QED) is 0.800. The zero-order valence-corrected chi connectivity index (χ0v) is 13.4. The van der Waals surface area contributed by atoms with Crippen LogP contribution in [0.3, 0.4) is 0 Å². The molecule has 0 saturated carbocycles. The summed E-state index contributed by atoms with van der Waals surface area (Å²) in [6, 6.07) is 11.0. The van der Waals surface area contributed by atoms with E-state index in [0.29, 0.717) is 22.6 Å². The van der Waals surface area contributed by atoms with Gasteiger partial charge in [0.2, 0.25) is 0 Å². The van der Waals surface area contributed by atoms with Crippen molar-refractivity contribution in [2.75, 3.05) is 5.32 Å². The lowest BCUT2D eigenvalue weighted by Crippen LogP contribution is -2.15. The first-order valence-electron chi connectivity index (χ1n) is 7.56. The molecule has 5 heteroatoms. The highest BCUT2D eigenvalue weighted by molar-refractivity contribution is 6.08. The van der Waals surface area contributed by atoms with Crippen LogP contribution in [0.5, 0.6) is 5.75 Å². The number of amides is 1. The lowest BCUT2D eigenvalue weighted by Gasteiger charge is -2.14. The number of carbonyl (C=O) groups is 1.